The van der Waals surface area contributed by atoms with Gasteiger partial charge in [-0.2, -0.15) is 0 Å². The molecule has 1 fully saturated rings. The van der Waals surface area contributed by atoms with Crippen LogP contribution in [-0.4, -0.2) is 35.2 Å². The van der Waals surface area contributed by atoms with Crippen molar-refractivity contribution in [2.75, 3.05) is 13.1 Å². The van der Waals surface area contributed by atoms with Crippen LogP contribution in [0.3, 0.4) is 0 Å². The van der Waals surface area contributed by atoms with E-state index in [4.69, 9.17) is 16.3 Å². The van der Waals surface area contributed by atoms with Gasteiger partial charge in [0, 0.05) is 23.2 Å². The topological polar surface area (TPSA) is 32.7 Å². The van der Waals surface area contributed by atoms with Crippen LogP contribution in [0.25, 0.3) is 0 Å². The first-order valence-electron chi connectivity index (χ1n) is 10.6. The highest BCUT2D eigenvalue weighted by Gasteiger charge is 2.57. The lowest BCUT2D eigenvalue weighted by Gasteiger charge is -2.52. The van der Waals surface area contributed by atoms with Crippen LogP contribution >= 0.6 is 11.6 Å². The molecule has 0 unspecified atom stereocenters. The Morgan fingerprint density at radius 3 is 2.62 bits per heavy atom. The van der Waals surface area contributed by atoms with E-state index in [2.05, 4.69) is 56.9 Å². The average Bonchev–Trinajstić information content (AvgIpc) is 3.01. The van der Waals surface area contributed by atoms with E-state index in [1.54, 1.807) is 6.07 Å². The molecule has 0 spiro atoms. The molecule has 0 bridgehead atoms. The molecule has 0 radical (unpaired) electrons. The number of fused-ring (bicyclic) bond motifs is 2. The summed E-state index contributed by atoms with van der Waals surface area (Å²) in [6.45, 7) is 11.7. The molecule has 2 aliphatic rings. The highest BCUT2D eigenvalue weighted by Crippen LogP contribution is 2.58. The predicted octanol–water partition coefficient (Wildman–Crippen LogP) is 5.57. The van der Waals surface area contributed by atoms with E-state index in [-0.39, 0.29) is 16.9 Å². The SMILES string of the molecule is C[C@H](CN1CC[C@]2(C)[C@@H]1Cc1c(O)ccc(Cl)c1C2(C)C)OCc1ccccc1. The van der Waals surface area contributed by atoms with Gasteiger partial charge in [0.05, 0.1) is 12.7 Å². The molecule has 2 aromatic rings. The molecule has 4 rings (SSSR count). The van der Waals surface area contributed by atoms with Gasteiger partial charge in [0.2, 0.25) is 0 Å². The van der Waals surface area contributed by atoms with Gasteiger partial charge in [0.25, 0.3) is 0 Å². The monoisotopic (exact) mass is 413 g/mol. The van der Waals surface area contributed by atoms with Crippen molar-refractivity contribution in [2.45, 2.75) is 64.7 Å². The maximum absolute atomic E-state index is 10.6. The molecule has 0 aromatic heterocycles. The Labute approximate surface area is 179 Å². The van der Waals surface area contributed by atoms with Crippen molar-refractivity contribution < 1.29 is 9.84 Å². The average molecular weight is 414 g/mol. The summed E-state index contributed by atoms with van der Waals surface area (Å²) in [5.41, 5.74) is 3.36. The fourth-order valence-corrected chi connectivity index (χ4v) is 5.98. The fraction of sp³-hybridized carbons (Fsp3) is 0.520. The molecular weight excluding hydrogens is 382 g/mol. The van der Waals surface area contributed by atoms with Crippen LogP contribution in [0, 0.1) is 5.41 Å². The zero-order valence-electron chi connectivity index (χ0n) is 17.9. The van der Waals surface area contributed by atoms with Gasteiger partial charge < -0.3 is 9.84 Å². The number of likely N-dealkylation sites (tertiary alicyclic amines) is 1. The van der Waals surface area contributed by atoms with Gasteiger partial charge in [-0.3, -0.25) is 4.90 Å². The van der Waals surface area contributed by atoms with Crippen molar-refractivity contribution in [2.24, 2.45) is 5.41 Å². The molecule has 1 saturated heterocycles. The lowest BCUT2D eigenvalue weighted by Crippen LogP contribution is -2.54. The quantitative estimate of drug-likeness (QED) is 0.695. The zero-order valence-corrected chi connectivity index (χ0v) is 18.7. The number of halogens is 1. The molecule has 156 valence electrons. The van der Waals surface area contributed by atoms with E-state index >= 15 is 0 Å². The summed E-state index contributed by atoms with van der Waals surface area (Å²) in [4.78, 5) is 2.57. The Bertz CT molecular complexity index is 882. The van der Waals surface area contributed by atoms with E-state index in [9.17, 15) is 5.11 Å². The predicted molar refractivity (Wildman–Crippen MR) is 119 cm³/mol. The number of rotatable bonds is 5. The number of benzene rings is 2. The number of ether oxygens (including phenoxy) is 1. The maximum atomic E-state index is 10.6. The van der Waals surface area contributed by atoms with Crippen molar-refractivity contribution in [1.82, 2.24) is 4.90 Å². The first-order chi connectivity index (χ1) is 13.7. The summed E-state index contributed by atoms with van der Waals surface area (Å²) in [5.74, 6) is 0.375. The second-order valence-electron chi connectivity index (χ2n) is 9.53. The number of hydrogen-bond donors (Lipinski definition) is 1. The molecule has 1 N–H and O–H groups in total. The third kappa shape index (κ3) is 3.48. The highest BCUT2D eigenvalue weighted by atomic mass is 35.5. The molecule has 3 nitrogen and oxygen atoms in total. The van der Waals surface area contributed by atoms with Crippen LogP contribution < -0.4 is 0 Å². The van der Waals surface area contributed by atoms with Gasteiger partial charge in [0.15, 0.2) is 0 Å². The van der Waals surface area contributed by atoms with Gasteiger partial charge >= 0.3 is 0 Å². The largest absolute Gasteiger partial charge is 0.508 e. The fourth-order valence-electron chi connectivity index (χ4n) is 5.57. The van der Waals surface area contributed by atoms with Gasteiger partial charge in [0.1, 0.15) is 5.75 Å². The van der Waals surface area contributed by atoms with E-state index in [0.29, 0.717) is 18.4 Å². The Morgan fingerprint density at radius 1 is 1.17 bits per heavy atom. The lowest BCUT2D eigenvalue weighted by atomic mass is 9.54. The number of hydrogen-bond acceptors (Lipinski definition) is 3. The Hall–Kier alpha value is -1.55. The molecule has 0 saturated carbocycles. The molecule has 1 aliphatic heterocycles. The Morgan fingerprint density at radius 2 is 1.90 bits per heavy atom. The number of aromatic hydroxyl groups is 1. The van der Waals surface area contributed by atoms with Crippen LogP contribution in [0.4, 0.5) is 0 Å². The summed E-state index contributed by atoms with van der Waals surface area (Å²) in [7, 11) is 0. The summed E-state index contributed by atoms with van der Waals surface area (Å²) in [5, 5.41) is 11.4. The summed E-state index contributed by atoms with van der Waals surface area (Å²) >= 11 is 6.63. The molecular formula is C25H32ClNO2. The van der Waals surface area contributed by atoms with Crippen molar-refractivity contribution in [3.8, 4) is 5.75 Å². The van der Waals surface area contributed by atoms with Gasteiger partial charge in [-0.1, -0.05) is 62.7 Å². The summed E-state index contributed by atoms with van der Waals surface area (Å²) in [6.07, 6.45) is 2.11. The maximum Gasteiger partial charge on any atom is 0.119 e. The molecule has 3 atom stereocenters. The standard InChI is InChI=1S/C25H32ClNO2/c1-17(29-16-18-8-6-5-7-9-18)15-27-13-12-25(4)22(27)14-19-21(28)11-10-20(26)23(19)24(25,2)3/h5-11,17,22,28H,12-16H2,1-4H3/t17-,22+,25-/m1/s1. The molecule has 4 heteroatoms. The smallest absolute Gasteiger partial charge is 0.119 e. The molecule has 29 heavy (non-hydrogen) atoms. The number of nitrogens with zero attached hydrogens (tertiary/aromatic N) is 1. The second-order valence-corrected chi connectivity index (χ2v) is 9.94. The number of phenols is 1. The third-order valence-corrected chi connectivity index (χ3v) is 7.97. The van der Waals surface area contributed by atoms with Crippen LogP contribution in [0.2, 0.25) is 5.02 Å². The van der Waals surface area contributed by atoms with Gasteiger partial charge in [-0.05, 0) is 60.4 Å². The highest BCUT2D eigenvalue weighted by molar-refractivity contribution is 6.31. The van der Waals surface area contributed by atoms with Gasteiger partial charge in [-0.15, -0.1) is 0 Å². The molecule has 1 heterocycles. The Balaban J connectivity index is 1.53. The van der Waals surface area contributed by atoms with Crippen LogP contribution in [0.1, 0.15) is 50.8 Å². The van der Waals surface area contributed by atoms with Crippen LogP contribution in [0.5, 0.6) is 5.75 Å². The van der Waals surface area contributed by atoms with Crippen LogP contribution in [-0.2, 0) is 23.2 Å². The first kappa shape index (κ1) is 20.7. The van der Waals surface area contributed by atoms with E-state index in [1.807, 2.05) is 12.1 Å². The summed E-state index contributed by atoms with van der Waals surface area (Å²) in [6, 6.07) is 14.3. The third-order valence-electron chi connectivity index (χ3n) is 7.65. The van der Waals surface area contributed by atoms with Crippen molar-refractivity contribution in [1.29, 1.82) is 0 Å². The lowest BCUT2D eigenvalue weighted by molar-refractivity contribution is 0.00735. The van der Waals surface area contributed by atoms with Crippen molar-refractivity contribution >= 4 is 11.6 Å². The molecule has 1 aliphatic carbocycles. The van der Waals surface area contributed by atoms with Crippen LogP contribution in [0.15, 0.2) is 42.5 Å². The van der Waals surface area contributed by atoms with E-state index in [0.717, 1.165) is 42.1 Å². The molecule has 0 amide bonds. The summed E-state index contributed by atoms with van der Waals surface area (Å²) < 4.78 is 6.15. The van der Waals surface area contributed by atoms with E-state index < -0.39 is 0 Å². The first-order valence-corrected chi connectivity index (χ1v) is 11.0. The number of phenolic OH excluding ortho intramolecular Hbond substituents is 1. The zero-order chi connectivity index (χ0) is 20.8. The minimum atomic E-state index is -0.107. The Kier molecular flexibility index (Phi) is 5.43. The van der Waals surface area contributed by atoms with Crippen molar-refractivity contribution in [3.63, 3.8) is 0 Å². The van der Waals surface area contributed by atoms with Gasteiger partial charge in [-0.25, -0.2) is 0 Å². The molecule has 2 aromatic carbocycles. The minimum absolute atomic E-state index is 0.107. The van der Waals surface area contributed by atoms with E-state index in [1.165, 1.54) is 5.56 Å². The normalized spacial score (nSPS) is 26.7. The minimum Gasteiger partial charge on any atom is -0.508 e. The van der Waals surface area contributed by atoms with Crippen molar-refractivity contribution in [3.05, 3.63) is 64.2 Å². The second kappa shape index (κ2) is 7.61.